The van der Waals surface area contributed by atoms with Crippen molar-refractivity contribution >= 4 is 10.9 Å². The number of rotatable bonds is 4. The van der Waals surface area contributed by atoms with E-state index in [1.165, 1.54) is 12.5 Å². The number of hydrogen-bond acceptors (Lipinski definition) is 4. The topological polar surface area (TPSA) is 52.8 Å². The van der Waals surface area contributed by atoms with E-state index in [4.69, 9.17) is 4.74 Å². The summed E-state index contributed by atoms with van der Waals surface area (Å²) in [6.07, 6.45) is -1.62. The van der Waals surface area contributed by atoms with Gasteiger partial charge in [-0.1, -0.05) is 30.3 Å². The Balaban J connectivity index is 1.92. The van der Waals surface area contributed by atoms with Gasteiger partial charge in [-0.15, -0.1) is 0 Å². The van der Waals surface area contributed by atoms with Crippen molar-refractivity contribution in [3.63, 3.8) is 0 Å². The van der Waals surface area contributed by atoms with Gasteiger partial charge < -0.3 is 4.74 Å². The third-order valence-electron chi connectivity index (χ3n) is 4.25. The molecule has 2 aromatic heterocycles. The highest BCUT2D eigenvalue weighted by Crippen LogP contribution is 2.35. The van der Waals surface area contributed by atoms with Crippen molar-refractivity contribution < 1.29 is 17.9 Å². The molecule has 0 N–H and O–H groups in total. The van der Waals surface area contributed by atoms with E-state index < -0.39 is 12.7 Å². The van der Waals surface area contributed by atoms with Gasteiger partial charge in [-0.25, -0.2) is 9.97 Å². The fourth-order valence-electron chi connectivity index (χ4n) is 3.05. The van der Waals surface area contributed by atoms with Gasteiger partial charge in [0.25, 0.3) is 0 Å². The van der Waals surface area contributed by atoms with Crippen LogP contribution in [0, 0.1) is 0 Å². The van der Waals surface area contributed by atoms with Crippen molar-refractivity contribution in [2.75, 3.05) is 7.11 Å². The quantitative estimate of drug-likeness (QED) is 0.510. The zero-order valence-electron chi connectivity index (χ0n) is 14.8. The van der Waals surface area contributed by atoms with Crippen molar-refractivity contribution in [2.24, 2.45) is 0 Å². The van der Waals surface area contributed by atoms with Crippen LogP contribution in [0.15, 0.2) is 61.1 Å². The maximum atomic E-state index is 12.9. The molecule has 0 spiro atoms. The Morgan fingerprint density at radius 3 is 2.50 bits per heavy atom. The molecule has 142 valence electrons. The predicted molar refractivity (Wildman–Crippen MR) is 98.8 cm³/mol. The minimum absolute atomic E-state index is 0.431. The van der Waals surface area contributed by atoms with E-state index >= 15 is 0 Å². The monoisotopic (exact) mass is 384 g/mol. The molecular formula is C20H15F3N4O. The SMILES string of the molecule is COc1ccc2c(-c3cn(CC(F)(F)F)nc3-c3ccccc3)ncnc2c1. The Morgan fingerprint density at radius 1 is 1.00 bits per heavy atom. The number of alkyl halides is 3. The standard InChI is InChI=1S/C20H15F3N4O/c1-28-14-7-8-15-17(9-14)24-12-25-19(15)16-10-27(11-20(21,22)23)26-18(16)13-5-3-2-4-6-13/h2-10,12H,11H2,1H3. The fraction of sp³-hybridized carbons (Fsp3) is 0.150. The zero-order valence-corrected chi connectivity index (χ0v) is 14.8. The molecular weight excluding hydrogens is 369 g/mol. The second-order valence-electron chi connectivity index (χ2n) is 6.18. The van der Waals surface area contributed by atoms with Crippen molar-refractivity contribution in [1.29, 1.82) is 0 Å². The molecule has 0 saturated heterocycles. The number of halogens is 3. The lowest BCUT2D eigenvalue weighted by molar-refractivity contribution is -0.142. The van der Waals surface area contributed by atoms with Crippen LogP contribution in [0.5, 0.6) is 5.75 Å². The minimum atomic E-state index is -4.38. The highest BCUT2D eigenvalue weighted by molar-refractivity contribution is 5.96. The van der Waals surface area contributed by atoms with Crippen LogP contribution in [0.3, 0.4) is 0 Å². The zero-order chi connectivity index (χ0) is 19.7. The van der Waals surface area contributed by atoms with Crippen LogP contribution in [0.25, 0.3) is 33.4 Å². The summed E-state index contributed by atoms with van der Waals surface area (Å²) in [7, 11) is 1.55. The van der Waals surface area contributed by atoms with Gasteiger partial charge in [-0.3, -0.25) is 4.68 Å². The van der Waals surface area contributed by atoms with Crippen LogP contribution in [-0.4, -0.2) is 33.0 Å². The van der Waals surface area contributed by atoms with Gasteiger partial charge in [0.1, 0.15) is 24.3 Å². The molecule has 0 aliphatic heterocycles. The third-order valence-corrected chi connectivity index (χ3v) is 4.25. The highest BCUT2D eigenvalue weighted by atomic mass is 19.4. The molecule has 0 bridgehead atoms. The van der Waals surface area contributed by atoms with E-state index in [0.717, 1.165) is 4.68 Å². The first-order valence-electron chi connectivity index (χ1n) is 8.43. The van der Waals surface area contributed by atoms with Gasteiger partial charge in [-0.2, -0.15) is 18.3 Å². The molecule has 4 rings (SSSR count). The van der Waals surface area contributed by atoms with Crippen LogP contribution >= 0.6 is 0 Å². The molecule has 8 heteroatoms. The van der Waals surface area contributed by atoms with E-state index in [1.54, 1.807) is 37.4 Å². The van der Waals surface area contributed by atoms with Gasteiger partial charge in [-0.05, 0) is 12.1 Å². The molecule has 0 unspecified atom stereocenters. The third kappa shape index (κ3) is 3.53. The largest absolute Gasteiger partial charge is 0.497 e. The normalized spacial score (nSPS) is 11.7. The van der Waals surface area contributed by atoms with Crippen molar-refractivity contribution in [1.82, 2.24) is 19.7 Å². The summed E-state index contributed by atoms with van der Waals surface area (Å²) in [4.78, 5) is 8.59. The molecule has 5 nitrogen and oxygen atoms in total. The molecule has 4 aromatic rings. The van der Waals surface area contributed by atoms with Crippen LogP contribution in [-0.2, 0) is 6.54 Å². The second kappa shape index (κ2) is 6.95. The first-order chi connectivity index (χ1) is 13.4. The van der Waals surface area contributed by atoms with E-state index in [1.807, 2.05) is 18.2 Å². The first-order valence-corrected chi connectivity index (χ1v) is 8.43. The van der Waals surface area contributed by atoms with Crippen LogP contribution < -0.4 is 4.74 Å². The molecule has 28 heavy (non-hydrogen) atoms. The summed E-state index contributed by atoms with van der Waals surface area (Å²) in [5.41, 5.74) is 2.79. The lowest BCUT2D eigenvalue weighted by Crippen LogP contribution is -2.17. The summed E-state index contributed by atoms with van der Waals surface area (Å²) < 4.78 is 44.9. The number of hydrogen-bond donors (Lipinski definition) is 0. The maximum absolute atomic E-state index is 12.9. The average Bonchev–Trinajstić information content (AvgIpc) is 3.09. The number of ether oxygens (including phenoxy) is 1. The van der Waals surface area contributed by atoms with Crippen molar-refractivity contribution in [3.05, 3.63) is 61.1 Å². The molecule has 0 atom stereocenters. The molecule has 0 radical (unpaired) electrons. The molecule has 0 amide bonds. The second-order valence-corrected chi connectivity index (χ2v) is 6.18. The minimum Gasteiger partial charge on any atom is -0.497 e. The Labute approximate surface area is 158 Å². The van der Waals surface area contributed by atoms with Crippen LogP contribution in [0.2, 0.25) is 0 Å². The molecule has 0 saturated carbocycles. The molecule has 0 aliphatic rings. The molecule has 2 heterocycles. The molecule has 0 aliphatic carbocycles. The summed E-state index contributed by atoms with van der Waals surface area (Å²) in [5.74, 6) is 0.633. The van der Waals surface area contributed by atoms with Crippen molar-refractivity contribution in [2.45, 2.75) is 12.7 Å². The lowest BCUT2D eigenvalue weighted by Gasteiger charge is -2.07. The summed E-state index contributed by atoms with van der Waals surface area (Å²) >= 11 is 0. The smallest absolute Gasteiger partial charge is 0.408 e. The summed E-state index contributed by atoms with van der Waals surface area (Å²) in [5, 5.41) is 4.90. The lowest BCUT2D eigenvalue weighted by atomic mass is 10.0. The van der Waals surface area contributed by atoms with Gasteiger partial charge >= 0.3 is 6.18 Å². The number of methoxy groups -OCH3 is 1. The van der Waals surface area contributed by atoms with E-state index in [-0.39, 0.29) is 0 Å². The number of nitrogens with zero attached hydrogens (tertiary/aromatic N) is 4. The van der Waals surface area contributed by atoms with Gasteiger partial charge in [0.05, 0.1) is 18.3 Å². The van der Waals surface area contributed by atoms with Gasteiger partial charge in [0.2, 0.25) is 0 Å². The molecule has 2 aromatic carbocycles. The predicted octanol–water partition coefficient (Wildman–Crippen LogP) is 4.73. The van der Waals surface area contributed by atoms with Crippen molar-refractivity contribution in [3.8, 4) is 28.3 Å². The fourth-order valence-corrected chi connectivity index (χ4v) is 3.05. The Bertz CT molecular complexity index is 1120. The number of fused-ring (bicyclic) bond motifs is 1. The van der Waals surface area contributed by atoms with Gasteiger partial charge in [0.15, 0.2) is 0 Å². The molecule has 0 fully saturated rings. The number of benzene rings is 2. The van der Waals surface area contributed by atoms with E-state index in [0.29, 0.717) is 39.2 Å². The Hall–Kier alpha value is -3.42. The first kappa shape index (κ1) is 18.0. The van der Waals surface area contributed by atoms with Crippen LogP contribution in [0.4, 0.5) is 13.2 Å². The Kier molecular flexibility index (Phi) is 4.46. The number of aromatic nitrogens is 4. The Morgan fingerprint density at radius 2 is 1.79 bits per heavy atom. The average molecular weight is 384 g/mol. The summed E-state index contributed by atoms with van der Waals surface area (Å²) in [6, 6.07) is 14.4. The maximum Gasteiger partial charge on any atom is 0.408 e. The van der Waals surface area contributed by atoms with E-state index in [2.05, 4.69) is 15.1 Å². The summed E-state index contributed by atoms with van der Waals surface area (Å²) in [6.45, 7) is -1.18. The van der Waals surface area contributed by atoms with E-state index in [9.17, 15) is 13.2 Å². The van der Waals surface area contributed by atoms with Gasteiger partial charge in [0, 0.05) is 28.8 Å². The van der Waals surface area contributed by atoms with Crippen LogP contribution in [0.1, 0.15) is 0 Å². The highest BCUT2D eigenvalue weighted by Gasteiger charge is 2.29.